The number of fused-ring (bicyclic) bond motifs is 3. The Kier molecular flexibility index (Phi) is 8.06. The van der Waals surface area contributed by atoms with Crippen LogP contribution in [0.2, 0.25) is 0 Å². The molecule has 3 aliphatic rings. The number of para-hydroxylation sites is 2. The van der Waals surface area contributed by atoms with Gasteiger partial charge < -0.3 is 9.88 Å². The number of carbonyl (C=O) groups is 1. The average molecular weight is 623 g/mol. The molecule has 1 aliphatic heterocycles. The Morgan fingerprint density at radius 1 is 0.977 bits per heavy atom. The van der Waals surface area contributed by atoms with Crippen LogP contribution >= 0.6 is 0 Å². The van der Waals surface area contributed by atoms with E-state index >= 15 is 0 Å². The lowest BCUT2D eigenvalue weighted by molar-refractivity contribution is -0.137. The van der Waals surface area contributed by atoms with Crippen LogP contribution < -0.4 is 10.6 Å². The standard InChI is InChI=1S/C20H21F3N4O.C10H16O4S/c21-20(22,23)15-4-3-5-16(14-15)26-11-8-25(9-12-26)10-13-27-18-7-2-1-6-17(18)24-19(27)28;1-9(2)6-4-5-10(9,3)8(11)7(6)15(12,13)14/h1-7,14H,8-13H2,(H,24,28);6-7H,4-5H2,1-3H3,(H,12,13,14). The van der Waals surface area contributed by atoms with Gasteiger partial charge in [-0.25, -0.2) is 4.79 Å². The summed E-state index contributed by atoms with van der Waals surface area (Å²) in [6, 6.07) is 13.1. The van der Waals surface area contributed by atoms with Crippen LogP contribution in [0.4, 0.5) is 18.9 Å². The first-order valence-electron chi connectivity index (χ1n) is 14.4. The number of carbonyl (C=O) groups excluding carboxylic acids is 1. The van der Waals surface area contributed by atoms with Gasteiger partial charge in [0.15, 0.2) is 5.78 Å². The minimum absolute atomic E-state index is 0.121. The normalized spacial score (nSPS) is 25.7. The van der Waals surface area contributed by atoms with Crippen LogP contribution in [0.15, 0.2) is 53.3 Å². The second-order valence-electron chi connectivity index (χ2n) is 12.5. The predicted molar refractivity (Wildman–Crippen MR) is 158 cm³/mol. The Bertz CT molecular complexity index is 1670. The highest BCUT2D eigenvalue weighted by Crippen LogP contribution is 2.64. The molecule has 0 amide bonds. The third-order valence-electron chi connectivity index (χ3n) is 10.0. The second kappa shape index (κ2) is 11.1. The summed E-state index contributed by atoms with van der Waals surface area (Å²) < 4.78 is 72.0. The molecule has 2 bridgehead atoms. The van der Waals surface area contributed by atoms with Gasteiger partial charge in [0.1, 0.15) is 5.25 Å². The molecule has 0 radical (unpaired) electrons. The van der Waals surface area contributed by atoms with Crippen molar-refractivity contribution in [3.63, 3.8) is 0 Å². The third-order valence-corrected chi connectivity index (χ3v) is 11.2. The number of alkyl halides is 3. The second-order valence-corrected chi connectivity index (χ2v) is 14.0. The van der Waals surface area contributed by atoms with Crippen LogP contribution in [-0.4, -0.2) is 71.2 Å². The van der Waals surface area contributed by atoms with Crippen LogP contribution in [0.1, 0.15) is 39.2 Å². The Labute approximate surface area is 248 Å². The van der Waals surface area contributed by atoms with Crippen LogP contribution in [0.25, 0.3) is 11.0 Å². The first-order valence-corrected chi connectivity index (χ1v) is 15.9. The number of rotatable bonds is 5. The maximum Gasteiger partial charge on any atom is 0.416 e. The number of H-pyrrole nitrogens is 1. The Balaban J connectivity index is 0.000000207. The van der Waals surface area contributed by atoms with Crippen molar-refractivity contribution in [2.45, 2.75) is 51.6 Å². The van der Waals surface area contributed by atoms with Crippen molar-refractivity contribution in [1.29, 1.82) is 0 Å². The van der Waals surface area contributed by atoms with Gasteiger partial charge in [0.05, 0.1) is 16.6 Å². The summed E-state index contributed by atoms with van der Waals surface area (Å²) in [6.07, 6.45) is -2.89. The van der Waals surface area contributed by atoms with Gasteiger partial charge in [0, 0.05) is 50.4 Å². The summed E-state index contributed by atoms with van der Waals surface area (Å²) in [4.78, 5) is 31.2. The quantitative estimate of drug-likeness (QED) is 0.405. The maximum atomic E-state index is 12.9. The lowest BCUT2D eigenvalue weighted by Gasteiger charge is -2.36. The largest absolute Gasteiger partial charge is 0.416 e. The van der Waals surface area contributed by atoms with Crippen LogP contribution in [0, 0.1) is 16.7 Å². The van der Waals surface area contributed by atoms with E-state index in [0.29, 0.717) is 31.7 Å². The Hall–Kier alpha value is -3.16. The van der Waals surface area contributed by atoms with Gasteiger partial charge in [0.25, 0.3) is 10.1 Å². The highest BCUT2D eigenvalue weighted by molar-refractivity contribution is 7.87. The fourth-order valence-corrected chi connectivity index (χ4v) is 8.45. The minimum Gasteiger partial charge on any atom is -0.369 e. The van der Waals surface area contributed by atoms with Gasteiger partial charge in [-0.3, -0.25) is 18.8 Å². The molecule has 0 spiro atoms. The summed E-state index contributed by atoms with van der Waals surface area (Å²) in [5.74, 6) is -0.531. The molecule has 3 unspecified atom stereocenters. The number of nitrogens with one attached hydrogen (secondary N) is 1. The zero-order valence-electron chi connectivity index (χ0n) is 24.4. The molecule has 3 aromatic rings. The number of ketones is 1. The molecule has 2 aromatic carbocycles. The van der Waals surface area contributed by atoms with E-state index < -0.39 is 32.5 Å². The number of aromatic amines is 1. The zero-order valence-corrected chi connectivity index (χ0v) is 25.2. The van der Waals surface area contributed by atoms with Gasteiger partial charge >= 0.3 is 11.9 Å². The van der Waals surface area contributed by atoms with Crippen molar-refractivity contribution in [1.82, 2.24) is 14.5 Å². The van der Waals surface area contributed by atoms with Crippen molar-refractivity contribution in [2.75, 3.05) is 37.6 Å². The van der Waals surface area contributed by atoms with E-state index in [1.54, 1.807) is 10.6 Å². The van der Waals surface area contributed by atoms with E-state index in [9.17, 15) is 31.2 Å². The zero-order chi connectivity index (χ0) is 31.4. The summed E-state index contributed by atoms with van der Waals surface area (Å²) in [7, 11) is -4.24. The van der Waals surface area contributed by atoms with Gasteiger partial charge in [-0.1, -0.05) is 39.0 Å². The van der Waals surface area contributed by atoms with Crippen LogP contribution in [-0.2, 0) is 27.6 Å². The number of piperazine rings is 1. The molecule has 2 heterocycles. The lowest BCUT2D eigenvalue weighted by atomic mass is 9.70. The number of hydrogen-bond acceptors (Lipinski definition) is 6. The van der Waals surface area contributed by atoms with Crippen LogP contribution in [0.3, 0.4) is 0 Å². The first kappa shape index (κ1) is 31.3. The third kappa shape index (κ3) is 5.74. The number of imidazole rings is 1. The van der Waals surface area contributed by atoms with Crippen molar-refractivity contribution in [3.8, 4) is 0 Å². The number of benzene rings is 2. The van der Waals surface area contributed by atoms with Gasteiger partial charge in [-0.05, 0) is 54.5 Å². The molecule has 13 heteroatoms. The van der Waals surface area contributed by atoms with Crippen molar-refractivity contribution in [2.24, 2.45) is 16.7 Å². The highest BCUT2D eigenvalue weighted by Gasteiger charge is 2.69. The fourth-order valence-electron chi connectivity index (χ4n) is 7.03. The number of halogens is 3. The van der Waals surface area contributed by atoms with Gasteiger partial charge in [-0.2, -0.15) is 21.6 Å². The SMILES string of the molecule is CC12CCC(C(S(=O)(=O)O)C1=O)C2(C)C.O=c1[nH]c2ccccc2n1CCN1CCN(c2cccc(C(F)(F)F)c2)CC1. The lowest BCUT2D eigenvalue weighted by Crippen LogP contribution is -2.47. The van der Waals surface area contributed by atoms with Crippen LogP contribution in [0.5, 0.6) is 0 Å². The van der Waals surface area contributed by atoms with Crippen molar-refractivity contribution >= 4 is 32.6 Å². The molecular weight excluding hydrogens is 585 g/mol. The molecule has 234 valence electrons. The van der Waals surface area contributed by atoms with E-state index in [-0.39, 0.29) is 22.8 Å². The summed E-state index contributed by atoms with van der Waals surface area (Å²) in [5.41, 5.74) is 0.650. The number of anilines is 1. The molecule has 2 N–H and O–H groups in total. The molecule has 43 heavy (non-hydrogen) atoms. The van der Waals surface area contributed by atoms with E-state index in [1.165, 1.54) is 12.1 Å². The van der Waals surface area contributed by atoms with Gasteiger partial charge in [0.2, 0.25) is 0 Å². The number of Topliss-reactive ketones (excluding diaryl/α,β-unsaturated/α-hetero) is 1. The molecule has 6 rings (SSSR count). The molecule has 2 aliphatic carbocycles. The summed E-state index contributed by atoms with van der Waals surface area (Å²) in [5, 5.41) is -1.19. The summed E-state index contributed by atoms with van der Waals surface area (Å²) in [6.45, 7) is 9.77. The van der Waals surface area contributed by atoms with Gasteiger partial charge in [-0.15, -0.1) is 0 Å². The molecule has 3 atom stereocenters. The Morgan fingerprint density at radius 3 is 2.23 bits per heavy atom. The maximum absolute atomic E-state index is 12.9. The highest BCUT2D eigenvalue weighted by atomic mass is 32.2. The topological polar surface area (TPSA) is 116 Å². The van der Waals surface area contributed by atoms with E-state index in [0.717, 1.165) is 43.2 Å². The number of aromatic nitrogens is 2. The molecule has 1 aromatic heterocycles. The van der Waals surface area contributed by atoms with E-state index in [1.807, 2.05) is 49.9 Å². The molecule has 3 fully saturated rings. The Morgan fingerprint density at radius 2 is 1.65 bits per heavy atom. The first-order chi connectivity index (χ1) is 20.0. The van der Waals surface area contributed by atoms with Crippen molar-refractivity contribution < 1.29 is 30.9 Å². The molecule has 2 saturated carbocycles. The number of hydrogen-bond donors (Lipinski definition) is 2. The minimum atomic E-state index is -4.33. The van der Waals surface area contributed by atoms with E-state index in [4.69, 9.17) is 4.55 Å². The van der Waals surface area contributed by atoms with E-state index in [2.05, 4.69) is 9.88 Å². The fraction of sp³-hybridized carbons (Fsp3) is 0.533. The predicted octanol–water partition coefficient (Wildman–Crippen LogP) is 4.44. The van der Waals surface area contributed by atoms with Crippen molar-refractivity contribution in [3.05, 3.63) is 64.6 Å². The smallest absolute Gasteiger partial charge is 0.369 e. The monoisotopic (exact) mass is 622 g/mol. The summed E-state index contributed by atoms with van der Waals surface area (Å²) >= 11 is 0. The number of nitrogens with zero attached hydrogens (tertiary/aromatic N) is 3. The molecular formula is C30H37F3N4O5S. The average Bonchev–Trinajstić information content (AvgIpc) is 3.44. The molecule has 1 saturated heterocycles. The molecule has 9 nitrogen and oxygen atoms in total.